The average Bonchev–Trinajstić information content (AvgIpc) is 3.47. The number of nitrogens with one attached hydrogen (secondary N) is 1. The number of furan rings is 1. The Morgan fingerprint density at radius 3 is 2.45 bits per heavy atom. The molecule has 2 amide bonds. The van der Waals surface area contributed by atoms with E-state index in [4.69, 9.17) is 4.42 Å². The molecule has 204 valence electrons. The second-order valence-electron chi connectivity index (χ2n) is 9.76. The number of aryl methyl sites for hydroxylation is 1. The van der Waals surface area contributed by atoms with Gasteiger partial charge in [0, 0.05) is 50.9 Å². The fourth-order valence-corrected chi connectivity index (χ4v) is 4.97. The number of carbonyl (C=O) groups excluding carboxylic acids is 2. The molecule has 38 heavy (non-hydrogen) atoms. The van der Waals surface area contributed by atoms with Crippen LogP contribution in [-0.4, -0.2) is 54.0 Å². The first-order chi connectivity index (χ1) is 18.4. The number of unbranched alkanes of at least 4 members (excludes halogenated alkanes) is 5. The highest BCUT2D eigenvalue weighted by Gasteiger charge is 2.26. The highest BCUT2D eigenvalue weighted by Crippen LogP contribution is 2.26. The van der Waals surface area contributed by atoms with Gasteiger partial charge in [0.15, 0.2) is 5.76 Å². The summed E-state index contributed by atoms with van der Waals surface area (Å²) in [6.07, 6.45) is 9.69. The van der Waals surface area contributed by atoms with E-state index in [1.807, 2.05) is 16.4 Å². The summed E-state index contributed by atoms with van der Waals surface area (Å²) in [5.41, 5.74) is 0.520. The molecule has 0 spiro atoms. The van der Waals surface area contributed by atoms with Crippen LogP contribution in [0.25, 0.3) is 10.9 Å². The van der Waals surface area contributed by atoms with Crippen molar-refractivity contribution < 1.29 is 18.4 Å². The molecule has 1 aliphatic heterocycles. The Morgan fingerprint density at radius 1 is 1.03 bits per heavy atom. The fourth-order valence-electron chi connectivity index (χ4n) is 4.97. The molecule has 2 aromatic heterocycles. The van der Waals surface area contributed by atoms with E-state index < -0.39 is 17.2 Å². The van der Waals surface area contributed by atoms with Gasteiger partial charge in [-0.2, -0.15) is 0 Å². The maximum Gasteiger partial charge on any atom is 0.289 e. The molecule has 0 saturated carbocycles. The number of aromatic nitrogens is 1. The molecule has 1 fully saturated rings. The number of hydrogen-bond acceptors (Lipinski definition) is 5. The lowest BCUT2D eigenvalue weighted by molar-refractivity contribution is 0.0714. The molecule has 0 aliphatic carbocycles. The van der Waals surface area contributed by atoms with E-state index in [2.05, 4.69) is 12.2 Å². The van der Waals surface area contributed by atoms with Crippen molar-refractivity contribution in [1.82, 2.24) is 14.8 Å². The molecule has 4 rings (SSSR count). The predicted octanol–water partition coefficient (Wildman–Crippen LogP) is 4.81. The van der Waals surface area contributed by atoms with Crippen LogP contribution >= 0.6 is 0 Å². The van der Waals surface area contributed by atoms with E-state index in [9.17, 15) is 14.4 Å². The number of halogens is 1. The summed E-state index contributed by atoms with van der Waals surface area (Å²) in [5.74, 6) is -0.841. The van der Waals surface area contributed by atoms with Gasteiger partial charge in [-0.25, -0.2) is 4.39 Å². The van der Waals surface area contributed by atoms with Crippen molar-refractivity contribution in [2.45, 2.75) is 58.9 Å². The molecule has 3 heterocycles. The zero-order valence-electron chi connectivity index (χ0n) is 22.3. The van der Waals surface area contributed by atoms with E-state index in [1.54, 1.807) is 29.3 Å². The van der Waals surface area contributed by atoms with Crippen LogP contribution in [0.5, 0.6) is 0 Å². The lowest BCUT2D eigenvalue weighted by atomic mass is 10.1. The molecule has 1 saturated heterocycles. The number of carbonyl (C=O) groups is 2. The number of hydrogen-bond donors (Lipinski definition) is 1. The van der Waals surface area contributed by atoms with Gasteiger partial charge in [0.2, 0.25) is 5.43 Å². The summed E-state index contributed by atoms with van der Waals surface area (Å²) in [4.78, 5) is 42.2. The number of amides is 2. The van der Waals surface area contributed by atoms with Crippen molar-refractivity contribution in [2.24, 2.45) is 0 Å². The molecule has 0 bridgehead atoms. The third-order valence-corrected chi connectivity index (χ3v) is 7.19. The second-order valence-corrected chi connectivity index (χ2v) is 9.76. The van der Waals surface area contributed by atoms with Gasteiger partial charge in [0.25, 0.3) is 11.8 Å². The molecule has 1 aromatic carbocycles. The zero-order chi connectivity index (χ0) is 27.1. The van der Waals surface area contributed by atoms with Gasteiger partial charge in [0.1, 0.15) is 11.4 Å². The monoisotopic (exact) mass is 524 g/mol. The third-order valence-electron chi connectivity index (χ3n) is 7.19. The first-order valence-corrected chi connectivity index (χ1v) is 13.7. The number of piperazine rings is 1. The minimum atomic E-state index is -0.521. The van der Waals surface area contributed by atoms with Gasteiger partial charge < -0.3 is 24.1 Å². The largest absolute Gasteiger partial charge is 0.459 e. The zero-order valence-corrected chi connectivity index (χ0v) is 22.3. The number of nitrogens with zero attached hydrogens (tertiary/aromatic N) is 3. The fraction of sp³-hybridized carbons (Fsp3) is 0.483. The molecular formula is C29H37FN4O4. The van der Waals surface area contributed by atoms with Crippen LogP contribution in [0, 0.1) is 5.82 Å². The van der Waals surface area contributed by atoms with Crippen LogP contribution in [0.3, 0.4) is 0 Å². The van der Waals surface area contributed by atoms with Crippen molar-refractivity contribution in [3.63, 3.8) is 0 Å². The van der Waals surface area contributed by atoms with Gasteiger partial charge in [-0.05, 0) is 37.6 Å². The van der Waals surface area contributed by atoms with Crippen molar-refractivity contribution in [3.8, 4) is 0 Å². The van der Waals surface area contributed by atoms with Crippen LogP contribution < -0.4 is 15.6 Å². The number of fused-ring (bicyclic) bond motifs is 1. The highest BCUT2D eigenvalue weighted by molar-refractivity contribution is 5.98. The van der Waals surface area contributed by atoms with Crippen molar-refractivity contribution >= 4 is 28.4 Å². The Morgan fingerprint density at radius 2 is 1.76 bits per heavy atom. The number of anilines is 1. The molecule has 8 nitrogen and oxygen atoms in total. The molecule has 0 unspecified atom stereocenters. The summed E-state index contributed by atoms with van der Waals surface area (Å²) in [6, 6.07) is 6.22. The first kappa shape index (κ1) is 27.4. The standard InChI is InChI=1S/C29H37FN4O4/c1-3-5-6-7-8-9-12-31-28(36)22-20-32(4-2)24-19-25(23(30)18-21(24)27(22)35)33-13-15-34(16-14-33)29(37)26-11-10-17-38-26/h10-11,17-20H,3-9,12-16H2,1-2H3,(H,31,36). The van der Waals surface area contributed by atoms with Crippen molar-refractivity contribution in [3.05, 3.63) is 64.1 Å². The Bertz CT molecular complexity index is 1310. The van der Waals surface area contributed by atoms with E-state index in [-0.39, 0.29) is 22.6 Å². The Labute approximate surface area is 222 Å². The Hall–Kier alpha value is -3.62. The van der Waals surface area contributed by atoms with E-state index in [0.717, 1.165) is 19.3 Å². The maximum absolute atomic E-state index is 15.3. The van der Waals surface area contributed by atoms with Gasteiger partial charge >= 0.3 is 0 Å². The molecule has 0 atom stereocenters. The van der Waals surface area contributed by atoms with Crippen LogP contribution in [0.15, 0.2) is 45.9 Å². The number of rotatable bonds is 11. The van der Waals surface area contributed by atoms with E-state index in [1.165, 1.54) is 31.6 Å². The van der Waals surface area contributed by atoms with Gasteiger partial charge in [-0.15, -0.1) is 0 Å². The van der Waals surface area contributed by atoms with Crippen molar-refractivity contribution in [2.75, 3.05) is 37.6 Å². The average molecular weight is 525 g/mol. The molecule has 3 aromatic rings. The minimum absolute atomic E-state index is 0.0301. The second kappa shape index (κ2) is 12.8. The van der Waals surface area contributed by atoms with Crippen LogP contribution in [0.1, 0.15) is 73.3 Å². The normalized spacial score (nSPS) is 13.8. The minimum Gasteiger partial charge on any atom is -0.459 e. The van der Waals surface area contributed by atoms with Crippen LogP contribution in [0.2, 0.25) is 0 Å². The summed E-state index contributed by atoms with van der Waals surface area (Å²) in [7, 11) is 0. The number of pyridine rings is 1. The van der Waals surface area contributed by atoms with Gasteiger partial charge in [-0.3, -0.25) is 14.4 Å². The predicted molar refractivity (Wildman–Crippen MR) is 146 cm³/mol. The summed E-state index contributed by atoms with van der Waals surface area (Å²) >= 11 is 0. The van der Waals surface area contributed by atoms with E-state index >= 15 is 4.39 Å². The van der Waals surface area contributed by atoms with Gasteiger partial charge in [0.05, 0.1) is 17.5 Å². The van der Waals surface area contributed by atoms with Crippen molar-refractivity contribution in [1.29, 1.82) is 0 Å². The third kappa shape index (κ3) is 6.09. The van der Waals surface area contributed by atoms with E-state index in [0.29, 0.717) is 50.5 Å². The lowest BCUT2D eigenvalue weighted by Crippen LogP contribution is -2.49. The first-order valence-electron chi connectivity index (χ1n) is 13.7. The quantitative estimate of drug-likeness (QED) is 0.364. The van der Waals surface area contributed by atoms with Crippen LogP contribution in [-0.2, 0) is 6.54 Å². The summed E-state index contributed by atoms with van der Waals surface area (Å²) in [5, 5.41) is 3.04. The smallest absolute Gasteiger partial charge is 0.289 e. The lowest BCUT2D eigenvalue weighted by Gasteiger charge is -2.36. The molecule has 1 N–H and O–H groups in total. The number of benzene rings is 1. The maximum atomic E-state index is 15.3. The highest BCUT2D eigenvalue weighted by atomic mass is 19.1. The van der Waals surface area contributed by atoms with Crippen LogP contribution in [0.4, 0.5) is 10.1 Å². The summed E-state index contributed by atoms with van der Waals surface area (Å²) < 4.78 is 22.3. The van der Waals surface area contributed by atoms with Gasteiger partial charge in [-0.1, -0.05) is 39.0 Å². The SMILES string of the molecule is CCCCCCCCNC(=O)c1cn(CC)c2cc(N3CCN(C(=O)c4ccco4)CC3)c(F)cc2c1=O. The summed E-state index contributed by atoms with van der Waals surface area (Å²) in [6.45, 7) is 6.87. The molecule has 9 heteroatoms. The Balaban J connectivity index is 1.47. The Kier molecular flexibility index (Phi) is 9.20. The topological polar surface area (TPSA) is 87.8 Å². The molecule has 1 aliphatic rings. The molecule has 0 radical (unpaired) electrons. The molecular weight excluding hydrogens is 487 g/mol.